The van der Waals surface area contributed by atoms with Gasteiger partial charge in [0.15, 0.2) is 11.6 Å². The molecule has 3 aromatic rings. The number of nitrogens with one attached hydrogen (secondary N) is 1. The lowest BCUT2D eigenvalue weighted by atomic mass is 10.1. The Kier molecular flexibility index (Phi) is 3.16. The molecule has 3 N–H and O–H groups in total. The van der Waals surface area contributed by atoms with E-state index in [2.05, 4.69) is 15.2 Å². The lowest BCUT2D eigenvalue weighted by molar-refractivity contribution is 1.10. The smallest absolute Gasteiger partial charge is 0.181 e. The molecule has 0 aliphatic heterocycles. The van der Waals surface area contributed by atoms with Crippen LogP contribution < -0.4 is 5.73 Å². The van der Waals surface area contributed by atoms with E-state index >= 15 is 0 Å². The largest absolute Gasteiger partial charge is 0.398 e. The Labute approximate surface area is 121 Å². The number of nitrogen functional groups attached to an aromatic ring is 1. The number of nitrogens with two attached hydrogens (primary N) is 1. The minimum atomic E-state index is 0.627. The first-order valence-electron chi connectivity index (χ1n) is 6.18. The van der Waals surface area contributed by atoms with Crippen LogP contribution in [-0.2, 0) is 0 Å². The van der Waals surface area contributed by atoms with Crippen molar-refractivity contribution in [1.82, 2.24) is 15.2 Å². The highest BCUT2D eigenvalue weighted by atomic mass is 35.5. The SMILES string of the molecule is Cc1ccc(-c2n[nH]c(-c3ccc(Cl)cc3)n2)cc1N. The number of benzene rings is 2. The van der Waals surface area contributed by atoms with Crippen LogP contribution in [0.15, 0.2) is 42.5 Å². The molecule has 0 atom stereocenters. The second-order valence-corrected chi connectivity index (χ2v) is 5.02. The number of nitrogens with zero attached hydrogens (tertiary/aromatic N) is 2. The molecule has 5 heteroatoms. The molecule has 0 radical (unpaired) electrons. The standard InChI is InChI=1S/C15H13ClN4/c1-9-2-3-11(8-13(9)17)15-18-14(19-20-15)10-4-6-12(16)7-5-10/h2-8H,17H2,1H3,(H,18,19,20). The van der Waals surface area contributed by atoms with Crippen molar-refractivity contribution in [1.29, 1.82) is 0 Å². The summed E-state index contributed by atoms with van der Waals surface area (Å²) in [5, 5.41) is 7.85. The highest BCUT2D eigenvalue weighted by molar-refractivity contribution is 6.30. The number of aromatic amines is 1. The van der Waals surface area contributed by atoms with Gasteiger partial charge in [0.1, 0.15) is 0 Å². The average molecular weight is 285 g/mol. The average Bonchev–Trinajstić information content (AvgIpc) is 2.92. The second-order valence-electron chi connectivity index (χ2n) is 4.59. The number of H-pyrrole nitrogens is 1. The lowest BCUT2D eigenvalue weighted by Gasteiger charge is -2.01. The van der Waals surface area contributed by atoms with E-state index < -0.39 is 0 Å². The van der Waals surface area contributed by atoms with Crippen LogP contribution >= 0.6 is 11.6 Å². The number of hydrogen-bond donors (Lipinski definition) is 2. The summed E-state index contributed by atoms with van der Waals surface area (Å²) in [5.41, 5.74) is 9.52. The molecule has 1 aromatic heterocycles. The van der Waals surface area contributed by atoms with Gasteiger partial charge in [-0.1, -0.05) is 23.7 Å². The third kappa shape index (κ3) is 2.38. The Hall–Kier alpha value is -2.33. The Balaban J connectivity index is 1.97. The summed E-state index contributed by atoms with van der Waals surface area (Å²) in [6.45, 7) is 1.97. The summed E-state index contributed by atoms with van der Waals surface area (Å²) in [4.78, 5) is 4.49. The molecule has 4 nitrogen and oxygen atoms in total. The maximum Gasteiger partial charge on any atom is 0.181 e. The van der Waals surface area contributed by atoms with Crippen LogP contribution in [-0.4, -0.2) is 15.2 Å². The van der Waals surface area contributed by atoms with Crippen molar-refractivity contribution < 1.29 is 0 Å². The third-order valence-electron chi connectivity index (χ3n) is 3.14. The van der Waals surface area contributed by atoms with Gasteiger partial charge in [-0.05, 0) is 42.8 Å². The molecule has 0 unspecified atom stereocenters. The molecule has 0 saturated carbocycles. The van der Waals surface area contributed by atoms with Gasteiger partial charge >= 0.3 is 0 Å². The molecule has 20 heavy (non-hydrogen) atoms. The fourth-order valence-electron chi connectivity index (χ4n) is 1.91. The van der Waals surface area contributed by atoms with Crippen LogP contribution in [0.2, 0.25) is 5.02 Å². The summed E-state index contributed by atoms with van der Waals surface area (Å²) >= 11 is 5.87. The molecule has 0 aliphatic rings. The topological polar surface area (TPSA) is 67.6 Å². The number of halogens is 1. The second kappa shape index (κ2) is 4.98. The molecule has 0 fully saturated rings. The number of rotatable bonds is 2. The number of anilines is 1. The molecule has 1 heterocycles. The van der Waals surface area contributed by atoms with E-state index in [1.807, 2.05) is 49.4 Å². The van der Waals surface area contributed by atoms with Crippen LogP contribution in [0.4, 0.5) is 5.69 Å². The van der Waals surface area contributed by atoms with Crippen molar-refractivity contribution >= 4 is 17.3 Å². The van der Waals surface area contributed by atoms with Crippen LogP contribution in [0.5, 0.6) is 0 Å². The normalized spacial score (nSPS) is 10.7. The van der Waals surface area contributed by atoms with Gasteiger partial charge in [-0.15, -0.1) is 0 Å². The molecule has 100 valence electrons. The van der Waals surface area contributed by atoms with Crippen molar-refractivity contribution in [2.75, 3.05) is 5.73 Å². The van der Waals surface area contributed by atoms with Crippen LogP contribution in [0.25, 0.3) is 22.8 Å². The highest BCUT2D eigenvalue weighted by Crippen LogP contribution is 2.23. The molecule has 0 spiro atoms. The maximum atomic E-state index is 5.91. The number of aromatic nitrogens is 3. The van der Waals surface area contributed by atoms with E-state index in [9.17, 15) is 0 Å². The van der Waals surface area contributed by atoms with Gasteiger partial charge in [0, 0.05) is 21.8 Å². The number of aryl methyl sites for hydroxylation is 1. The van der Waals surface area contributed by atoms with E-state index in [1.54, 1.807) is 0 Å². The Morgan fingerprint density at radius 3 is 2.45 bits per heavy atom. The zero-order valence-electron chi connectivity index (χ0n) is 10.9. The summed E-state index contributed by atoms with van der Waals surface area (Å²) in [6.07, 6.45) is 0. The molecular weight excluding hydrogens is 272 g/mol. The number of hydrogen-bond acceptors (Lipinski definition) is 3. The van der Waals surface area contributed by atoms with Crippen molar-refractivity contribution in [2.24, 2.45) is 0 Å². The molecule has 0 saturated heterocycles. The summed E-state index contributed by atoms with van der Waals surface area (Å²) < 4.78 is 0. The first kappa shape index (κ1) is 12.7. The Morgan fingerprint density at radius 2 is 1.75 bits per heavy atom. The zero-order valence-corrected chi connectivity index (χ0v) is 11.6. The molecule has 0 aliphatic carbocycles. The van der Waals surface area contributed by atoms with Gasteiger partial charge in [-0.2, -0.15) is 5.10 Å². The van der Waals surface area contributed by atoms with Crippen molar-refractivity contribution in [2.45, 2.75) is 6.92 Å². The van der Waals surface area contributed by atoms with Crippen molar-refractivity contribution in [3.05, 3.63) is 53.1 Å². The van der Waals surface area contributed by atoms with E-state index in [4.69, 9.17) is 17.3 Å². The lowest BCUT2D eigenvalue weighted by Crippen LogP contribution is -1.90. The summed E-state index contributed by atoms with van der Waals surface area (Å²) in [6, 6.07) is 13.2. The van der Waals surface area contributed by atoms with E-state index in [-0.39, 0.29) is 0 Å². The van der Waals surface area contributed by atoms with Gasteiger partial charge in [0.05, 0.1) is 0 Å². The van der Waals surface area contributed by atoms with E-state index in [0.717, 1.165) is 22.4 Å². The van der Waals surface area contributed by atoms with Crippen molar-refractivity contribution in [3.8, 4) is 22.8 Å². The van der Waals surface area contributed by atoms with Gasteiger partial charge in [-0.3, -0.25) is 5.10 Å². The monoisotopic (exact) mass is 284 g/mol. The quantitative estimate of drug-likeness (QED) is 0.705. The van der Waals surface area contributed by atoms with Crippen LogP contribution in [0, 0.1) is 6.92 Å². The highest BCUT2D eigenvalue weighted by Gasteiger charge is 2.08. The van der Waals surface area contributed by atoms with Gasteiger partial charge in [0.2, 0.25) is 0 Å². The van der Waals surface area contributed by atoms with E-state index in [0.29, 0.717) is 16.7 Å². The summed E-state index contributed by atoms with van der Waals surface area (Å²) in [7, 11) is 0. The minimum Gasteiger partial charge on any atom is -0.398 e. The molecule has 0 amide bonds. The summed E-state index contributed by atoms with van der Waals surface area (Å²) in [5.74, 6) is 1.33. The van der Waals surface area contributed by atoms with Crippen LogP contribution in [0.1, 0.15) is 5.56 Å². The van der Waals surface area contributed by atoms with E-state index in [1.165, 1.54) is 0 Å². The predicted octanol–water partition coefficient (Wildman–Crippen LogP) is 3.68. The first-order valence-corrected chi connectivity index (χ1v) is 6.56. The molecular formula is C15H13ClN4. The first-order chi connectivity index (χ1) is 9.63. The molecule has 0 bridgehead atoms. The minimum absolute atomic E-state index is 0.627. The van der Waals surface area contributed by atoms with Crippen LogP contribution in [0.3, 0.4) is 0 Å². The fraction of sp³-hybridized carbons (Fsp3) is 0.0667. The van der Waals surface area contributed by atoms with Gasteiger partial charge in [-0.25, -0.2) is 4.98 Å². The molecule has 3 rings (SSSR count). The zero-order chi connectivity index (χ0) is 14.1. The Bertz CT molecular complexity index is 747. The fourth-order valence-corrected chi connectivity index (χ4v) is 2.03. The molecule has 2 aromatic carbocycles. The Morgan fingerprint density at radius 1 is 1.05 bits per heavy atom. The maximum absolute atomic E-state index is 5.91. The van der Waals surface area contributed by atoms with Gasteiger partial charge in [0.25, 0.3) is 0 Å². The third-order valence-corrected chi connectivity index (χ3v) is 3.39. The van der Waals surface area contributed by atoms with Crippen molar-refractivity contribution in [3.63, 3.8) is 0 Å². The van der Waals surface area contributed by atoms with Gasteiger partial charge < -0.3 is 5.73 Å². The predicted molar refractivity (Wildman–Crippen MR) is 81.4 cm³/mol.